The molecule has 0 heterocycles. The molecule has 0 N–H and O–H groups in total. The first kappa shape index (κ1) is 25.1. The van der Waals surface area contributed by atoms with Crippen LogP contribution in [0.25, 0.3) is 0 Å². The molecule has 0 aliphatic carbocycles. The van der Waals surface area contributed by atoms with Crippen LogP contribution < -0.4 is 4.74 Å². The van der Waals surface area contributed by atoms with Crippen LogP contribution in [-0.2, 0) is 12.5 Å². The fourth-order valence-corrected chi connectivity index (χ4v) is 3.06. The van der Waals surface area contributed by atoms with E-state index in [1.54, 1.807) is 0 Å². The van der Waals surface area contributed by atoms with E-state index in [1.807, 2.05) is 6.92 Å². The third-order valence-electron chi connectivity index (χ3n) is 4.72. The zero-order chi connectivity index (χ0) is 25.0. The van der Waals surface area contributed by atoms with Gasteiger partial charge in [-0.25, -0.2) is 26.3 Å². The van der Waals surface area contributed by atoms with E-state index in [2.05, 4.69) is 16.6 Å². The van der Waals surface area contributed by atoms with Crippen LogP contribution >= 0.6 is 0 Å². The number of benzene rings is 3. The molecule has 0 aliphatic rings. The zero-order valence-electron chi connectivity index (χ0n) is 17.6. The Bertz CT molecular complexity index is 1230. The van der Waals surface area contributed by atoms with Crippen molar-refractivity contribution in [3.05, 3.63) is 99.6 Å². The second-order valence-electron chi connectivity index (χ2n) is 7.30. The van der Waals surface area contributed by atoms with Gasteiger partial charge < -0.3 is 4.74 Å². The molecule has 0 aliphatic heterocycles. The SMILES string of the molecule is CCCCc1cc(F)c(C(F)(F)Oc2ccc(C#Cc3cc(F)c(F)c(F)c3)c(F)c2)c(F)c1. The molecule has 1 nitrogen and oxygen atoms in total. The van der Waals surface area contributed by atoms with Gasteiger partial charge in [0.05, 0.1) is 5.56 Å². The van der Waals surface area contributed by atoms with Crippen molar-refractivity contribution >= 4 is 0 Å². The quantitative estimate of drug-likeness (QED) is 0.201. The highest BCUT2D eigenvalue weighted by Crippen LogP contribution is 2.36. The van der Waals surface area contributed by atoms with E-state index >= 15 is 0 Å². The van der Waals surface area contributed by atoms with E-state index < -0.39 is 52.3 Å². The zero-order valence-corrected chi connectivity index (χ0v) is 17.6. The number of hydrogen-bond donors (Lipinski definition) is 0. The fraction of sp³-hybridized carbons (Fsp3) is 0.200. The van der Waals surface area contributed by atoms with Crippen molar-refractivity contribution in [2.45, 2.75) is 32.3 Å². The summed E-state index contributed by atoms with van der Waals surface area (Å²) in [6.45, 7) is 1.86. The van der Waals surface area contributed by atoms with Crippen molar-refractivity contribution in [1.82, 2.24) is 0 Å². The van der Waals surface area contributed by atoms with E-state index in [1.165, 1.54) is 0 Å². The predicted molar refractivity (Wildman–Crippen MR) is 108 cm³/mol. The first-order chi connectivity index (χ1) is 16.0. The predicted octanol–water partition coefficient (Wildman–Crippen LogP) is 7.39. The van der Waals surface area contributed by atoms with Gasteiger partial charge in [0.25, 0.3) is 0 Å². The number of unbranched alkanes of at least 4 members (excludes halogenated alkanes) is 1. The molecule has 3 aromatic rings. The topological polar surface area (TPSA) is 9.23 Å². The Morgan fingerprint density at radius 2 is 1.38 bits per heavy atom. The highest BCUT2D eigenvalue weighted by Gasteiger charge is 2.41. The average Bonchev–Trinajstić information content (AvgIpc) is 2.74. The van der Waals surface area contributed by atoms with Gasteiger partial charge >= 0.3 is 6.11 Å². The summed E-state index contributed by atoms with van der Waals surface area (Å²) in [6, 6.07) is 5.09. The molecule has 0 saturated heterocycles. The summed E-state index contributed by atoms with van der Waals surface area (Å²) in [6.07, 6.45) is -2.79. The molecule has 0 radical (unpaired) electrons. The molecule has 0 bridgehead atoms. The summed E-state index contributed by atoms with van der Waals surface area (Å²) in [5.74, 6) is -5.15. The van der Waals surface area contributed by atoms with Crippen molar-refractivity contribution in [1.29, 1.82) is 0 Å². The maximum absolute atomic E-state index is 14.5. The summed E-state index contributed by atoms with van der Waals surface area (Å²) < 4.78 is 116. The second-order valence-corrected chi connectivity index (χ2v) is 7.30. The summed E-state index contributed by atoms with van der Waals surface area (Å²) in [7, 11) is 0. The van der Waals surface area contributed by atoms with Crippen LogP contribution in [0.3, 0.4) is 0 Å². The maximum Gasteiger partial charge on any atom is 0.432 e. The largest absolute Gasteiger partial charge is 0.432 e. The van der Waals surface area contributed by atoms with Crippen LogP contribution in [0.15, 0.2) is 42.5 Å². The minimum Gasteiger partial charge on any atom is -0.429 e. The molecule has 0 amide bonds. The van der Waals surface area contributed by atoms with Gasteiger partial charge in [-0.3, -0.25) is 0 Å². The van der Waals surface area contributed by atoms with E-state index in [9.17, 15) is 35.1 Å². The first-order valence-corrected chi connectivity index (χ1v) is 10.0. The molecular formula is C25H16F8O. The number of halogens is 8. The summed E-state index contributed by atoms with van der Waals surface area (Å²) in [4.78, 5) is 0. The minimum absolute atomic E-state index is 0.214. The van der Waals surface area contributed by atoms with Crippen molar-refractivity contribution in [2.75, 3.05) is 0 Å². The lowest BCUT2D eigenvalue weighted by Crippen LogP contribution is -2.25. The molecule has 0 aromatic heterocycles. The van der Waals surface area contributed by atoms with Gasteiger partial charge in [0.2, 0.25) is 0 Å². The Morgan fingerprint density at radius 1 is 0.765 bits per heavy atom. The standard InChI is InChI=1S/C25H16F8O/c1-2-3-4-14-9-19(27)23(20(28)10-14)25(32,33)34-17-8-7-16(18(26)13-17)6-5-15-11-21(29)24(31)22(30)12-15/h7-13H,2-4H2,1H3. The van der Waals surface area contributed by atoms with Crippen LogP contribution in [0, 0.1) is 46.7 Å². The molecular weight excluding hydrogens is 468 g/mol. The Kier molecular flexibility index (Phi) is 7.50. The fourth-order valence-electron chi connectivity index (χ4n) is 3.06. The Balaban J connectivity index is 1.83. The molecule has 34 heavy (non-hydrogen) atoms. The van der Waals surface area contributed by atoms with Crippen molar-refractivity contribution < 1.29 is 39.9 Å². The van der Waals surface area contributed by atoms with Gasteiger partial charge in [0, 0.05) is 11.6 Å². The molecule has 178 valence electrons. The van der Waals surface area contributed by atoms with Crippen LogP contribution in [0.4, 0.5) is 35.1 Å². The lowest BCUT2D eigenvalue weighted by atomic mass is 10.0. The smallest absolute Gasteiger partial charge is 0.429 e. The van der Waals surface area contributed by atoms with Crippen LogP contribution in [-0.4, -0.2) is 0 Å². The van der Waals surface area contributed by atoms with E-state index in [4.69, 9.17) is 0 Å². The van der Waals surface area contributed by atoms with Gasteiger partial charge in [0.15, 0.2) is 17.5 Å². The summed E-state index contributed by atoms with van der Waals surface area (Å²) >= 11 is 0. The molecule has 9 heteroatoms. The molecule has 0 unspecified atom stereocenters. The molecule has 3 rings (SSSR count). The van der Waals surface area contributed by atoms with Gasteiger partial charge in [0.1, 0.15) is 28.8 Å². The highest BCUT2D eigenvalue weighted by molar-refractivity contribution is 5.45. The third-order valence-corrected chi connectivity index (χ3v) is 4.72. The number of aryl methyl sites for hydroxylation is 1. The van der Waals surface area contributed by atoms with Crippen LogP contribution in [0.2, 0.25) is 0 Å². The second kappa shape index (κ2) is 10.2. The number of rotatable bonds is 6. The minimum atomic E-state index is -4.46. The molecule has 0 saturated carbocycles. The summed E-state index contributed by atoms with van der Waals surface area (Å²) in [5, 5.41) is 0. The molecule has 0 spiro atoms. The van der Waals surface area contributed by atoms with Crippen LogP contribution in [0.1, 0.15) is 42.0 Å². The first-order valence-electron chi connectivity index (χ1n) is 10.0. The maximum atomic E-state index is 14.5. The van der Waals surface area contributed by atoms with E-state index in [-0.39, 0.29) is 16.7 Å². The monoisotopic (exact) mass is 484 g/mol. The molecule has 3 aromatic carbocycles. The van der Waals surface area contributed by atoms with E-state index in [0.29, 0.717) is 31.0 Å². The van der Waals surface area contributed by atoms with Crippen LogP contribution in [0.5, 0.6) is 5.75 Å². The van der Waals surface area contributed by atoms with Gasteiger partial charge in [-0.1, -0.05) is 25.2 Å². The van der Waals surface area contributed by atoms with Crippen molar-refractivity contribution in [2.24, 2.45) is 0 Å². The van der Waals surface area contributed by atoms with Gasteiger partial charge in [-0.2, -0.15) is 8.78 Å². The Labute approximate surface area is 190 Å². The average molecular weight is 484 g/mol. The normalized spacial score (nSPS) is 11.2. The third kappa shape index (κ3) is 5.68. The molecule has 0 fully saturated rings. The van der Waals surface area contributed by atoms with Gasteiger partial charge in [-0.05, 0) is 54.8 Å². The Hall–Kier alpha value is -3.54. The van der Waals surface area contributed by atoms with Crippen molar-refractivity contribution in [3.8, 4) is 17.6 Å². The molecule has 0 atom stereocenters. The Morgan fingerprint density at radius 3 is 1.94 bits per heavy atom. The lowest BCUT2D eigenvalue weighted by molar-refractivity contribution is -0.189. The van der Waals surface area contributed by atoms with Crippen molar-refractivity contribution in [3.63, 3.8) is 0 Å². The highest BCUT2D eigenvalue weighted by atomic mass is 19.3. The van der Waals surface area contributed by atoms with E-state index in [0.717, 1.165) is 30.7 Å². The lowest BCUT2D eigenvalue weighted by Gasteiger charge is -2.20. The number of hydrogen-bond acceptors (Lipinski definition) is 1. The summed E-state index contributed by atoms with van der Waals surface area (Å²) in [5.41, 5.74) is -2.06. The number of alkyl halides is 2. The number of ether oxygens (including phenoxy) is 1. The van der Waals surface area contributed by atoms with Gasteiger partial charge in [-0.15, -0.1) is 0 Å².